The van der Waals surface area contributed by atoms with Crippen LogP contribution < -0.4 is 10.2 Å². The number of hydrogen-bond acceptors (Lipinski definition) is 3. The maximum atomic E-state index is 12.5. The summed E-state index contributed by atoms with van der Waals surface area (Å²) in [5, 5.41) is 2.91. The van der Waals surface area contributed by atoms with E-state index in [4.69, 9.17) is 0 Å². The molecule has 134 valence electrons. The van der Waals surface area contributed by atoms with E-state index < -0.39 is 10.0 Å². The molecule has 1 aliphatic heterocycles. The Morgan fingerprint density at radius 1 is 1.21 bits per heavy atom. The van der Waals surface area contributed by atoms with Gasteiger partial charge in [0.1, 0.15) is 0 Å². The molecule has 2 N–H and O–H groups in total. The summed E-state index contributed by atoms with van der Waals surface area (Å²) in [6, 6.07) is 9.24. The van der Waals surface area contributed by atoms with E-state index in [0.29, 0.717) is 45.2 Å². The van der Waals surface area contributed by atoms with Crippen LogP contribution in [0, 0.1) is 5.92 Å². The van der Waals surface area contributed by atoms with Crippen molar-refractivity contribution in [2.75, 3.05) is 39.3 Å². The second-order valence-electron chi connectivity index (χ2n) is 6.77. The first kappa shape index (κ1) is 18.9. The summed E-state index contributed by atoms with van der Waals surface area (Å²) >= 11 is 0. The summed E-state index contributed by atoms with van der Waals surface area (Å²) in [6.07, 6.45) is 0. The van der Waals surface area contributed by atoms with Gasteiger partial charge in [0.05, 0.1) is 31.9 Å². The molecule has 1 fully saturated rings. The molecule has 1 saturated heterocycles. The average Bonchev–Trinajstić information content (AvgIpc) is 2.54. The molecule has 0 unspecified atom stereocenters. The van der Waals surface area contributed by atoms with Gasteiger partial charge < -0.3 is 10.2 Å². The van der Waals surface area contributed by atoms with Crippen LogP contribution in [0.1, 0.15) is 19.4 Å². The van der Waals surface area contributed by atoms with E-state index >= 15 is 0 Å². The third kappa shape index (κ3) is 5.89. The molecule has 6 nitrogen and oxygen atoms in total. The summed E-state index contributed by atoms with van der Waals surface area (Å²) in [5.74, 6) is 0.515. The quantitative estimate of drug-likeness (QED) is 0.693. The van der Waals surface area contributed by atoms with Crippen molar-refractivity contribution in [3.8, 4) is 0 Å². The van der Waals surface area contributed by atoms with E-state index in [1.165, 1.54) is 0 Å². The fraction of sp³-hybridized carbons (Fsp3) is 0.588. The van der Waals surface area contributed by atoms with Crippen molar-refractivity contribution in [1.29, 1.82) is 0 Å². The fourth-order valence-electron chi connectivity index (χ4n) is 2.74. The number of carbonyl (C=O) groups excluding carboxylic acids is 1. The standard InChI is InChI=1S/C17H27N3O3S/c1-15(2)12-18-17(21)13-19-8-10-20(11-9-19)24(22,23)14-16-6-4-3-5-7-16/h3-7,15H,8-14H2,1-2H3,(H,18,21)/p+1. The summed E-state index contributed by atoms with van der Waals surface area (Å²) in [7, 11) is -3.29. The molecule has 0 aromatic heterocycles. The fourth-order valence-corrected chi connectivity index (χ4v) is 4.28. The van der Waals surface area contributed by atoms with E-state index in [1.54, 1.807) is 4.31 Å². The minimum Gasteiger partial charge on any atom is -0.351 e. The predicted octanol–water partition coefficient (Wildman–Crippen LogP) is -0.511. The molecular weight excluding hydrogens is 326 g/mol. The molecule has 1 heterocycles. The number of nitrogens with one attached hydrogen (secondary N) is 2. The Balaban J connectivity index is 1.80. The second-order valence-corrected chi connectivity index (χ2v) is 8.73. The molecule has 0 spiro atoms. The van der Waals surface area contributed by atoms with Gasteiger partial charge in [-0.25, -0.2) is 8.42 Å². The zero-order chi connectivity index (χ0) is 17.6. The monoisotopic (exact) mass is 354 g/mol. The van der Waals surface area contributed by atoms with Gasteiger partial charge >= 0.3 is 0 Å². The predicted molar refractivity (Wildman–Crippen MR) is 94.1 cm³/mol. The highest BCUT2D eigenvalue weighted by Crippen LogP contribution is 2.10. The van der Waals surface area contributed by atoms with Crippen LogP contribution in [0.2, 0.25) is 0 Å². The minimum atomic E-state index is -3.29. The average molecular weight is 354 g/mol. The van der Waals surface area contributed by atoms with Gasteiger partial charge in [-0.15, -0.1) is 0 Å². The van der Waals surface area contributed by atoms with E-state index in [1.807, 2.05) is 30.3 Å². The van der Waals surface area contributed by atoms with E-state index in [0.717, 1.165) is 10.5 Å². The van der Waals surface area contributed by atoms with E-state index in [2.05, 4.69) is 19.2 Å². The Labute approximate surface area is 144 Å². The Kier molecular flexibility index (Phi) is 6.77. The van der Waals surface area contributed by atoms with E-state index in [9.17, 15) is 13.2 Å². The van der Waals surface area contributed by atoms with Crippen molar-refractivity contribution >= 4 is 15.9 Å². The van der Waals surface area contributed by atoms with Crippen LogP contribution in [-0.4, -0.2) is 57.9 Å². The largest absolute Gasteiger partial charge is 0.351 e. The molecule has 0 radical (unpaired) electrons. The van der Waals surface area contributed by atoms with Gasteiger partial charge in [0.2, 0.25) is 10.0 Å². The Hall–Kier alpha value is -1.44. The first-order valence-electron chi connectivity index (χ1n) is 8.49. The molecular formula is C17H28N3O3S+. The number of nitrogens with zero attached hydrogens (tertiary/aromatic N) is 1. The maximum Gasteiger partial charge on any atom is 0.275 e. The molecule has 1 aliphatic rings. The van der Waals surface area contributed by atoms with Crippen molar-refractivity contribution in [3.05, 3.63) is 35.9 Å². The number of sulfonamides is 1. The topological polar surface area (TPSA) is 70.9 Å². The lowest BCUT2D eigenvalue weighted by molar-refractivity contribution is -0.895. The highest BCUT2D eigenvalue weighted by Gasteiger charge is 2.29. The van der Waals surface area contributed by atoms with Crippen LogP contribution in [0.4, 0.5) is 0 Å². The third-order valence-electron chi connectivity index (χ3n) is 4.13. The second kappa shape index (κ2) is 8.60. The zero-order valence-corrected chi connectivity index (χ0v) is 15.3. The Bertz CT molecular complexity index is 624. The summed E-state index contributed by atoms with van der Waals surface area (Å²) in [4.78, 5) is 13.0. The van der Waals surface area contributed by atoms with Crippen LogP contribution in [0.25, 0.3) is 0 Å². The zero-order valence-electron chi connectivity index (χ0n) is 14.5. The molecule has 1 aromatic rings. The first-order chi connectivity index (χ1) is 11.4. The van der Waals surface area contributed by atoms with Crippen molar-refractivity contribution in [2.24, 2.45) is 5.92 Å². The smallest absolute Gasteiger partial charge is 0.275 e. The molecule has 7 heteroatoms. The van der Waals surface area contributed by atoms with Gasteiger partial charge in [-0.2, -0.15) is 4.31 Å². The Morgan fingerprint density at radius 2 is 1.83 bits per heavy atom. The maximum absolute atomic E-state index is 12.5. The first-order valence-corrected chi connectivity index (χ1v) is 10.1. The third-order valence-corrected chi connectivity index (χ3v) is 5.98. The van der Waals surface area contributed by atoms with Crippen molar-refractivity contribution in [3.63, 3.8) is 0 Å². The molecule has 1 amide bonds. The number of rotatable bonds is 7. The number of amides is 1. The lowest BCUT2D eigenvalue weighted by Crippen LogP contribution is -3.15. The molecule has 0 bridgehead atoms. The number of carbonyl (C=O) groups is 1. The number of piperazine rings is 1. The van der Waals surface area contributed by atoms with E-state index in [-0.39, 0.29) is 11.7 Å². The minimum absolute atomic E-state index is 0.0397. The Morgan fingerprint density at radius 3 is 2.42 bits per heavy atom. The number of hydrogen-bond donors (Lipinski definition) is 2. The van der Waals surface area contributed by atoms with Gasteiger partial charge in [-0.3, -0.25) is 4.79 Å². The van der Waals surface area contributed by atoms with Crippen molar-refractivity contribution in [1.82, 2.24) is 9.62 Å². The van der Waals surface area contributed by atoms with Gasteiger partial charge in [0.25, 0.3) is 5.91 Å². The van der Waals surface area contributed by atoms with Crippen LogP contribution in [0.5, 0.6) is 0 Å². The summed E-state index contributed by atoms with van der Waals surface area (Å²) in [5.41, 5.74) is 0.806. The van der Waals surface area contributed by atoms with Gasteiger partial charge in [0.15, 0.2) is 6.54 Å². The van der Waals surface area contributed by atoms with Crippen molar-refractivity contribution < 1.29 is 18.1 Å². The lowest BCUT2D eigenvalue weighted by Gasteiger charge is -2.31. The van der Waals surface area contributed by atoms with Crippen molar-refractivity contribution in [2.45, 2.75) is 19.6 Å². The molecule has 1 aromatic carbocycles. The molecule has 0 atom stereocenters. The van der Waals surface area contributed by atoms with Crippen LogP contribution in [-0.2, 0) is 20.6 Å². The molecule has 24 heavy (non-hydrogen) atoms. The van der Waals surface area contributed by atoms with Gasteiger partial charge in [-0.05, 0) is 11.5 Å². The highest BCUT2D eigenvalue weighted by atomic mass is 32.2. The molecule has 0 aliphatic carbocycles. The van der Waals surface area contributed by atoms with Gasteiger partial charge in [0, 0.05) is 6.54 Å². The van der Waals surface area contributed by atoms with Gasteiger partial charge in [-0.1, -0.05) is 44.2 Å². The number of benzene rings is 1. The normalized spacial score (nSPS) is 17.1. The summed E-state index contributed by atoms with van der Waals surface area (Å²) < 4.78 is 26.5. The van der Waals surface area contributed by atoms with Crippen LogP contribution >= 0.6 is 0 Å². The van der Waals surface area contributed by atoms with Crippen LogP contribution in [0.3, 0.4) is 0 Å². The SMILES string of the molecule is CC(C)CNC(=O)C[NH+]1CCN(S(=O)(=O)Cc2ccccc2)CC1. The number of quaternary nitrogens is 1. The highest BCUT2D eigenvalue weighted by molar-refractivity contribution is 7.88. The molecule has 2 rings (SSSR count). The van der Waals surface area contributed by atoms with Crippen LogP contribution in [0.15, 0.2) is 30.3 Å². The lowest BCUT2D eigenvalue weighted by atomic mass is 10.2. The summed E-state index contributed by atoms with van der Waals surface area (Å²) in [6.45, 7) is 7.51. The molecule has 0 saturated carbocycles.